The van der Waals surface area contributed by atoms with Gasteiger partial charge in [0.15, 0.2) is 5.69 Å². The van der Waals surface area contributed by atoms with E-state index in [1.807, 2.05) is 17.8 Å². The normalized spacial score (nSPS) is 16.3. The van der Waals surface area contributed by atoms with Crippen molar-refractivity contribution in [3.8, 4) is 16.9 Å². The van der Waals surface area contributed by atoms with E-state index in [4.69, 9.17) is 9.84 Å². The molecule has 1 fully saturated rings. The number of fused-ring (bicyclic) bond motifs is 3. The third-order valence-corrected chi connectivity index (χ3v) is 6.01. The second-order valence-corrected chi connectivity index (χ2v) is 7.88. The first-order valence-electron chi connectivity index (χ1n) is 10.5. The highest BCUT2D eigenvalue weighted by molar-refractivity contribution is 5.92. The van der Waals surface area contributed by atoms with Gasteiger partial charge in [0.25, 0.3) is 0 Å². The number of aromatic nitrogens is 4. The molecule has 5 rings (SSSR count). The van der Waals surface area contributed by atoms with Crippen LogP contribution in [0.3, 0.4) is 0 Å². The lowest BCUT2D eigenvalue weighted by Gasteiger charge is -2.34. The number of hydrogen-bond donors (Lipinski definition) is 1. The van der Waals surface area contributed by atoms with E-state index < -0.39 is 0 Å². The van der Waals surface area contributed by atoms with Crippen molar-refractivity contribution in [1.29, 1.82) is 0 Å². The van der Waals surface area contributed by atoms with Crippen LogP contribution in [0, 0.1) is 0 Å². The van der Waals surface area contributed by atoms with Crippen LogP contribution in [-0.2, 0) is 17.6 Å². The monoisotopic (exact) mass is 406 g/mol. The molecular weight excluding hydrogens is 380 g/mol. The van der Waals surface area contributed by atoms with Crippen LogP contribution in [0.4, 0.5) is 5.69 Å². The molecule has 1 aliphatic carbocycles. The van der Waals surface area contributed by atoms with Crippen molar-refractivity contribution in [3.05, 3.63) is 47.4 Å². The Labute approximate surface area is 175 Å². The molecule has 0 radical (unpaired) electrons. The number of nitrogens with one attached hydrogen (secondary N) is 1. The Bertz CT molecular complexity index is 1060. The van der Waals surface area contributed by atoms with Crippen LogP contribution in [-0.4, -0.2) is 70.7 Å². The van der Waals surface area contributed by atoms with Gasteiger partial charge < -0.3 is 14.5 Å². The summed E-state index contributed by atoms with van der Waals surface area (Å²) in [6.45, 7) is 6.34. The number of anilines is 1. The molecular formula is C22H26N6O2. The van der Waals surface area contributed by atoms with Crippen LogP contribution in [0.5, 0.6) is 0 Å². The highest BCUT2D eigenvalue weighted by atomic mass is 16.5. The summed E-state index contributed by atoms with van der Waals surface area (Å²) in [5.41, 5.74) is 6.49. The van der Waals surface area contributed by atoms with Crippen LogP contribution in [0.25, 0.3) is 16.9 Å². The number of nitrogens with zero attached hydrogens (tertiary/aromatic N) is 5. The number of esters is 1. The molecule has 1 aliphatic heterocycles. The van der Waals surface area contributed by atoms with Gasteiger partial charge in [0.2, 0.25) is 0 Å². The smallest absolute Gasteiger partial charge is 0.359 e. The summed E-state index contributed by atoms with van der Waals surface area (Å²) in [7, 11) is 2.16. The number of rotatable bonds is 4. The van der Waals surface area contributed by atoms with Crippen LogP contribution >= 0.6 is 0 Å². The third-order valence-electron chi connectivity index (χ3n) is 6.01. The molecule has 3 heterocycles. The quantitative estimate of drug-likeness (QED) is 0.670. The first-order chi connectivity index (χ1) is 14.7. The molecule has 0 unspecified atom stereocenters. The van der Waals surface area contributed by atoms with Crippen LogP contribution in [0.1, 0.15) is 28.7 Å². The highest BCUT2D eigenvalue weighted by Crippen LogP contribution is 2.36. The number of aryl methyl sites for hydroxylation is 1. The minimum Gasteiger partial charge on any atom is -0.461 e. The van der Waals surface area contributed by atoms with Crippen LogP contribution < -0.4 is 4.90 Å². The number of H-pyrrole nitrogens is 1. The number of benzene rings is 1. The van der Waals surface area contributed by atoms with Gasteiger partial charge in [-0.25, -0.2) is 9.48 Å². The Morgan fingerprint density at radius 2 is 1.83 bits per heavy atom. The first kappa shape index (κ1) is 18.9. The number of hydrogen-bond acceptors (Lipinski definition) is 6. The van der Waals surface area contributed by atoms with Crippen molar-refractivity contribution in [2.45, 2.75) is 19.8 Å². The van der Waals surface area contributed by atoms with Crippen molar-refractivity contribution in [2.24, 2.45) is 0 Å². The predicted molar refractivity (Wildman–Crippen MR) is 114 cm³/mol. The molecule has 0 saturated carbocycles. The highest BCUT2D eigenvalue weighted by Gasteiger charge is 2.30. The molecule has 0 spiro atoms. The second kappa shape index (κ2) is 7.60. The minimum absolute atomic E-state index is 0.331. The summed E-state index contributed by atoms with van der Waals surface area (Å²) in [5, 5.41) is 12.0. The zero-order valence-electron chi connectivity index (χ0n) is 17.4. The van der Waals surface area contributed by atoms with Gasteiger partial charge in [-0.3, -0.25) is 5.10 Å². The fraction of sp³-hybridized carbons (Fsp3) is 0.409. The Balaban J connectivity index is 1.54. The van der Waals surface area contributed by atoms with E-state index in [0.29, 0.717) is 12.3 Å². The van der Waals surface area contributed by atoms with Gasteiger partial charge >= 0.3 is 5.97 Å². The fourth-order valence-electron chi connectivity index (χ4n) is 4.34. The van der Waals surface area contributed by atoms with Crippen LogP contribution in [0.15, 0.2) is 30.5 Å². The molecule has 30 heavy (non-hydrogen) atoms. The maximum atomic E-state index is 12.6. The maximum Gasteiger partial charge on any atom is 0.359 e. The number of piperazine rings is 1. The molecule has 0 amide bonds. The van der Waals surface area contributed by atoms with E-state index in [0.717, 1.165) is 67.2 Å². The molecule has 0 bridgehead atoms. The van der Waals surface area contributed by atoms with Gasteiger partial charge in [-0.05, 0) is 51.1 Å². The Morgan fingerprint density at radius 1 is 1.10 bits per heavy atom. The lowest BCUT2D eigenvalue weighted by molar-refractivity contribution is 0.0517. The van der Waals surface area contributed by atoms with Gasteiger partial charge in [0.1, 0.15) is 0 Å². The Morgan fingerprint density at radius 3 is 2.57 bits per heavy atom. The van der Waals surface area contributed by atoms with Crippen molar-refractivity contribution >= 4 is 11.7 Å². The molecule has 156 valence electrons. The van der Waals surface area contributed by atoms with Gasteiger partial charge in [0, 0.05) is 48.7 Å². The molecule has 1 saturated heterocycles. The summed E-state index contributed by atoms with van der Waals surface area (Å²) in [6.07, 6.45) is 3.36. The van der Waals surface area contributed by atoms with Crippen molar-refractivity contribution < 1.29 is 9.53 Å². The van der Waals surface area contributed by atoms with Crippen molar-refractivity contribution in [1.82, 2.24) is 24.9 Å². The molecule has 2 aliphatic rings. The fourth-order valence-corrected chi connectivity index (χ4v) is 4.34. The SMILES string of the molecule is CCOC(=O)c1nn(-c2ccc(N3CCN(C)CC3)cc2)c2c1CCc1[nH]ncc1-2. The third kappa shape index (κ3) is 3.17. The molecule has 2 aromatic heterocycles. The zero-order chi connectivity index (χ0) is 20.7. The predicted octanol–water partition coefficient (Wildman–Crippen LogP) is 2.29. The summed E-state index contributed by atoms with van der Waals surface area (Å²) >= 11 is 0. The van der Waals surface area contributed by atoms with E-state index in [2.05, 4.69) is 51.3 Å². The van der Waals surface area contributed by atoms with E-state index in [1.165, 1.54) is 5.69 Å². The standard InChI is InChI=1S/C22H26N6O2/c1-3-30-22(29)20-17-8-9-19-18(14-23-24-19)21(17)28(25-20)16-6-4-15(5-7-16)27-12-10-26(2)11-13-27/h4-7,14H,3,8-13H2,1-2H3,(H,23,24). The molecule has 0 atom stereocenters. The van der Waals surface area contributed by atoms with Gasteiger partial charge in [0.05, 0.1) is 24.2 Å². The maximum absolute atomic E-state index is 12.6. The van der Waals surface area contributed by atoms with E-state index in [1.54, 1.807) is 0 Å². The van der Waals surface area contributed by atoms with E-state index in [9.17, 15) is 4.79 Å². The molecule has 8 nitrogen and oxygen atoms in total. The molecule has 1 N–H and O–H groups in total. The lowest BCUT2D eigenvalue weighted by Crippen LogP contribution is -2.44. The van der Waals surface area contributed by atoms with Crippen LogP contribution in [0.2, 0.25) is 0 Å². The number of aromatic amines is 1. The van der Waals surface area contributed by atoms with Gasteiger partial charge in [-0.2, -0.15) is 10.2 Å². The van der Waals surface area contributed by atoms with E-state index in [-0.39, 0.29) is 5.97 Å². The van der Waals surface area contributed by atoms with Crippen molar-refractivity contribution in [3.63, 3.8) is 0 Å². The van der Waals surface area contributed by atoms with Gasteiger partial charge in [-0.1, -0.05) is 0 Å². The number of ether oxygens (including phenoxy) is 1. The largest absolute Gasteiger partial charge is 0.461 e. The molecule has 1 aromatic carbocycles. The average molecular weight is 406 g/mol. The Hall–Kier alpha value is -3.13. The number of likely N-dealkylation sites (N-methyl/N-ethyl adjacent to an activating group) is 1. The number of carbonyl (C=O) groups excluding carboxylic acids is 1. The van der Waals surface area contributed by atoms with E-state index >= 15 is 0 Å². The second-order valence-electron chi connectivity index (χ2n) is 7.88. The van der Waals surface area contributed by atoms with Crippen molar-refractivity contribution in [2.75, 3.05) is 44.7 Å². The summed E-state index contributed by atoms with van der Waals surface area (Å²) < 4.78 is 7.13. The topological polar surface area (TPSA) is 79.3 Å². The van der Waals surface area contributed by atoms with Gasteiger partial charge in [-0.15, -0.1) is 0 Å². The summed E-state index contributed by atoms with van der Waals surface area (Å²) in [6, 6.07) is 8.42. The minimum atomic E-state index is -0.367. The molecule has 3 aromatic rings. The first-order valence-corrected chi connectivity index (χ1v) is 10.5. The molecule has 8 heteroatoms. The lowest BCUT2D eigenvalue weighted by atomic mass is 9.94. The summed E-state index contributed by atoms with van der Waals surface area (Å²) in [4.78, 5) is 17.3. The average Bonchev–Trinajstić information content (AvgIpc) is 3.39. The number of carbonyl (C=O) groups is 1. The zero-order valence-corrected chi connectivity index (χ0v) is 17.4. The summed E-state index contributed by atoms with van der Waals surface area (Å²) in [5.74, 6) is -0.367. The Kier molecular flexibility index (Phi) is 4.78.